The van der Waals surface area contributed by atoms with Crippen LogP contribution in [0, 0.1) is 0 Å². The molecule has 2 aliphatic rings. The van der Waals surface area contributed by atoms with Gasteiger partial charge in [0.05, 0.1) is 31.0 Å². The van der Waals surface area contributed by atoms with Gasteiger partial charge in [0.15, 0.2) is 0 Å². The quantitative estimate of drug-likeness (QED) is 0.624. The second-order valence-electron chi connectivity index (χ2n) is 7.59. The van der Waals surface area contributed by atoms with Gasteiger partial charge in [0, 0.05) is 43.3 Å². The molecule has 2 amide bonds. The highest BCUT2D eigenvalue weighted by Crippen LogP contribution is 2.32. The van der Waals surface area contributed by atoms with Gasteiger partial charge in [0.1, 0.15) is 5.75 Å². The summed E-state index contributed by atoms with van der Waals surface area (Å²) < 4.78 is 10.8. The lowest BCUT2D eigenvalue weighted by Gasteiger charge is -2.38. The van der Waals surface area contributed by atoms with Gasteiger partial charge < -0.3 is 25.0 Å². The van der Waals surface area contributed by atoms with Gasteiger partial charge >= 0.3 is 12.0 Å². The van der Waals surface area contributed by atoms with Gasteiger partial charge in [-0.05, 0) is 30.5 Å². The van der Waals surface area contributed by atoms with Gasteiger partial charge in [-0.2, -0.15) is 0 Å². The average molecular weight is 457 g/mol. The molecule has 1 aromatic carbocycles. The number of hydrogen-bond donors (Lipinski definition) is 2. The van der Waals surface area contributed by atoms with Gasteiger partial charge in [-0.1, -0.05) is 18.2 Å². The van der Waals surface area contributed by atoms with E-state index in [0.717, 1.165) is 42.5 Å². The predicted octanol–water partition coefficient (Wildman–Crippen LogP) is 2.75. The first kappa shape index (κ1) is 22.2. The van der Waals surface area contributed by atoms with Crippen LogP contribution in [0.3, 0.4) is 0 Å². The van der Waals surface area contributed by atoms with Crippen LogP contribution in [0.4, 0.5) is 10.5 Å². The van der Waals surface area contributed by atoms with Crippen LogP contribution >= 0.6 is 11.3 Å². The SMILES string of the molecule is CCOC(=O)C1=C(CN2CCN(c3ccccc3OC)CC2)NC(=O)N[C@@H]1c1cccs1. The Morgan fingerprint density at radius 1 is 1.16 bits per heavy atom. The number of piperazine rings is 1. The van der Waals surface area contributed by atoms with E-state index < -0.39 is 12.0 Å². The zero-order valence-corrected chi connectivity index (χ0v) is 19.1. The number of rotatable bonds is 7. The normalized spacial score (nSPS) is 19.4. The molecule has 32 heavy (non-hydrogen) atoms. The maximum atomic E-state index is 12.9. The topological polar surface area (TPSA) is 83.1 Å². The molecule has 170 valence electrons. The van der Waals surface area contributed by atoms with E-state index in [-0.39, 0.29) is 12.6 Å². The van der Waals surface area contributed by atoms with Crippen LogP contribution in [0.1, 0.15) is 17.8 Å². The third-order valence-electron chi connectivity index (χ3n) is 5.66. The number of thiophene rings is 1. The maximum Gasteiger partial charge on any atom is 0.338 e. The minimum atomic E-state index is -0.507. The van der Waals surface area contributed by atoms with Crippen molar-refractivity contribution >= 4 is 29.0 Å². The molecule has 0 aliphatic carbocycles. The lowest BCUT2D eigenvalue weighted by atomic mass is 10.0. The molecule has 2 N–H and O–H groups in total. The van der Waals surface area contributed by atoms with Crippen LogP contribution < -0.4 is 20.3 Å². The number of carbonyl (C=O) groups excluding carboxylic acids is 2. The molecule has 2 aliphatic heterocycles. The number of carbonyl (C=O) groups is 2. The van der Waals surface area contributed by atoms with Crippen LogP contribution in [0.15, 0.2) is 53.0 Å². The van der Waals surface area contributed by atoms with Crippen molar-refractivity contribution in [3.63, 3.8) is 0 Å². The number of ether oxygens (including phenoxy) is 2. The van der Waals surface area contributed by atoms with Gasteiger partial charge in [-0.15, -0.1) is 11.3 Å². The van der Waals surface area contributed by atoms with Crippen LogP contribution in [0.2, 0.25) is 0 Å². The highest BCUT2D eigenvalue weighted by atomic mass is 32.1. The number of methoxy groups -OCH3 is 1. The number of esters is 1. The lowest BCUT2D eigenvalue weighted by Crippen LogP contribution is -2.51. The van der Waals surface area contributed by atoms with E-state index >= 15 is 0 Å². The Kier molecular flexibility index (Phi) is 6.96. The van der Waals surface area contributed by atoms with E-state index in [0.29, 0.717) is 17.8 Å². The number of nitrogens with zero attached hydrogens (tertiary/aromatic N) is 2. The molecule has 2 aromatic rings. The summed E-state index contributed by atoms with van der Waals surface area (Å²) in [5, 5.41) is 7.68. The molecule has 3 heterocycles. The van der Waals surface area contributed by atoms with Crippen LogP contribution in [-0.2, 0) is 9.53 Å². The summed E-state index contributed by atoms with van der Waals surface area (Å²) in [4.78, 5) is 30.7. The first-order valence-electron chi connectivity index (χ1n) is 10.7. The van der Waals surface area contributed by atoms with Crippen LogP contribution in [0.25, 0.3) is 0 Å². The average Bonchev–Trinajstić information content (AvgIpc) is 3.34. The molecule has 1 aromatic heterocycles. The molecule has 0 bridgehead atoms. The summed E-state index contributed by atoms with van der Waals surface area (Å²) in [5.41, 5.74) is 2.16. The number of benzene rings is 1. The molecule has 1 fully saturated rings. The minimum Gasteiger partial charge on any atom is -0.495 e. The predicted molar refractivity (Wildman–Crippen MR) is 124 cm³/mol. The van der Waals surface area contributed by atoms with Crippen molar-refractivity contribution in [1.82, 2.24) is 15.5 Å². The fraction of sp³-hybridized carbons (Fsp3) is 0.391. The number of amides is 2. The van der Waals surface area contributed by atoms with Crippen LogP contribution in [-0.4, -0.2) is 63.3 Å². The molecule has 1 atom stereocenters. The highest BCUT2D eigenvalue weighted by molar-refractivity contribution is 7.10. The Labute approximate surface area is 191 Å². The van der Waals surface area contributed by atoms with Gasteiger partial charge in [0.2, 0.25) is 0 Å². The fourth-order valence-electron chi connectivity index (χ4n) is 4.12. The Bertz CT molecular complexity index is 984. The van der Waals surface area contributed by atoms with Gasteiger partial charge in [0.25, 0.3) is 0 Å². The lowest BCUT2D eigenvalue weighted by molar-refractivity contribution is -0.139. The summed E-state index contributed by atoms with van der Waals surface area (Å²) in [6.45, 7) is 5.77. The molecule has 4 rings (SSSR count). The summed E-state index contributed by atoms with van der Waals surface area (Å²) in [6.07, 6.45) is 0. The molecule has 1 saturated heterocycles. The summed E-state index contributed by atoms with van der Waals surface area (Å²) in [5.74, 6) is 0.457. The monoisotopic (exact) mass is 456 g/mol. The van der Waals surface area contributed by atoms with Gasteiger partial charge in [-0.3, -0.25) is 4.90 Å². The first-order valence-corrected chi connectivity index (χ1v) is 11.6. The smallest absolute Gasteiger partial charge is 0.338 e. The Morgan fingerprint density at radius 2 is 1.94 bits per heavy atom. The first-order chi connectivity index (χ1) is 15.6. The van der Waals surface area contributed by atoms with E-state index in [1.165, 1.54) is 11.3 Å². The molecule has 9 heteroatoms. The van der Waals surface area contributed by atoms with E-state index in [9.17, 15) is 9.59 Å². The van der Waals surface area contributed by atoms with Gasteiger partial charge in [-0.25, -0.2) is 9.59 Å². The number of anilines is 1. The van der Waals surface area contributed by atoms with E-state index in [2.05, 4.69) is 26.5 Å². The van der Waals surface area contributed by atoms with Crippen LogP contribution in [0.5, 0.6) is 5.75 Å². The van der Waals surface area contributed by atoms with Crippen molar-refractivity contribution < 1.29 is 19.1 Å². The third kappa shape index (κ3) is 4.73. The maximum absolute atomic E-state index is 12.9. The highest BCUT2D eigenvalue weighted by Gasteiger charge is 2.35. The molecule has 0 unspecified atom stereocenters. The fourth-order valence-corrected chi connectivity index (χ4v) is 4.91. The minimum absolute atomic E-state index is 0.276. The van der Waals surface area contributed by atoms with E-state index in [1.807, 2.05) is 35.7 Å². The largest absolute Gasteiger partial charge is 0.495 e. The Balaban J connectivity index is 1.52. The van der Waals surface area contributed by atoms with E-state index in [4.69, 9.17) is 9.47 Å². The molecule has 0 radical (unpaired) electrons. The number of nitrogens with one attached hydrogen (secondary N) is 2. The van der Waals surface area contributed by atoms with Crippen molar-refractivity contribution in [2.24, 2.45) is 0 Å². The van der Waals surface area contributed by atoms with E-state index in [1.54, 1.807) is 14.0 Å². The molecule has 8 nitrogen and oxygen atoms in total. The zero-order valence-electron chi connectivity index (χ0n) is 18.3. The molecule has 0 spiro atoms. The number of hydrogen-bond acceptors (Lipinski definition) is 7. The molecular weight excluding hydrogens is 428 g/mol. The second kappa shape index (κ2) is 10.1. The summed E-state index contributed by atoms with van der Waals surface area (Å²) >= 11 is 1.50. The van der Waals surface area contributed by atoms with Crippen molar-refractivity contribution in [1.29, 1.82) is 0 Å². The Morgan fingerprint density at radius 3 is 2.62 bits per heavy atom. The van der Waals surface area contributed by atoms with Crippen molar-refractivity contribution in [3.05, 3.63) is 57.9 Å². The molecule has 0 saturated carbocycles. The molecular formula is C23H28N4O4S. The summed E-state index contributed by atoms with van der Waals surface area (Å²) in [7, 11) is 1.68. The zero-order chi connectivity index (χ0) is 22.5. The summed E-state index contributed by atoms with van der Waals surface area (Å²) in [6, 6.07) is 11.0. The number of para-hydroxylation sites is 2. The third-order valence-corrected chi connectivity index (χ3v) is 6.59. The van der Waals surface area contributed by atoms with Crippen molar-refractivity contribution in [2.45, 2.75) is 13.0 Å². The van der Waals surface area contributed by atoms with Crippen molar-refractivity contribution in [3.8, 4) is 5.75 Å². The van der Waals surface area contributed by atoms with Crippen molar-refractivity contribution in [2.75, 3.05) is 51.3 Å². The second-order valence-corrected chi connectivity index (χ2v) is 8.57. The standard InChI is InChI=1S/C23H28N4O4S/c1-3-31-22(28)20-16(24-23(29)25-21(20)19-9-6-14-32-19)15-26-10-12-27(13-11-26)17-7-4-5-8-18(17)30-2/h4-9,14,21H,3,10-13,15H2,1-2H3,(H2,24,25,29)/t21-/m1/s1. The Hall–Kier alpha value is -3.04. The number of urea groups is 1.